The molecule has 210 valence electrons. The Morgan fingerprint density at radius 3 is 2.46 bits per heavy atom. The van der Waals surface area contributed by atoms with E-state index < -0.39 is 0 Å². The maximum absolute atomic E-state index is 13.9. The highest BCUT2D eigenvalue weighted by molar-refractivity contribution is 6.30. The van der Waals surface area contributed by atoms with E-state index >= 15 is 0 Å². The molecule has 0 unspecified atom stereocenters. The Hall–Kier alpha value is -3.98. The zero-order valence-corrected chi connectivity index (χ0v) is 23.7. The predicted octanol–water partition coefficient (Wildman–Crippen LogP) is 5.29. The van der Waals surface area contributed by atoms with Crippen LogP contribution in [0.1, 0.15) is 54.6 Å². The van der Waals surface area contributed by atoms with Crippen LogP contribution in [0.5, 0.6) is 0 Å². The van der Waals surface area contributed by atoms with Gasteiger partial charge in [0.25, 0.3) is 5.91 Å². The summed E-state index contributed by atoms with van der Waals surface area (Å²) in [6.45, 7) is 3.35. The number of hydrogen-bond acceptors (Lipinski definition) is 5. The molecule has 0 saturated heterocycles. The highest BCUT2D eigenvalue weighted by Gasteiger charge is 2.26. The molecule has 7 rings (SSSR count). The first-order chi connectivity index (χ1) is 19.9. The smallest absolute Gasteiger partial charge is 0.333 e. The van der Waals surface area contributed by atoms with Crippen molar-refractivity contribution in [1.82, 2.24) is 34.2 Å². The summed E-state index contributed by atoms with van der Waals surface area (Å²) in [6, 6.07) is 11.7. The normalized spacial score (nSPS) is 19.2. The van der Waals surface area contributed by atoms with E-state index in [0.717, 1.165) is 60.0 Å². The number of fused-ring (bicyclic) bond motifs is 2. The average Bonchev–Trinajstić information content (AvgIpc) is 3.65. The van der Waals surface area contributed by atoms with Crippen LogP contribution in [0, 0.1) is 18.8 Å². The Kier molecular flexibility index (Phi) is 6.61. The number of aryl methyl sites for hydroxylation is 1. The second kappa shape index (κ2) is 10.4. The molecule has 10 heteroatoms. The summed E-state index contributed by atoms with van der Waals surface area (Å²) in [6.07, 6.45) is 11.3. The van der Waals surface area contributed by atoms with E-state index in [4.69, 9.17) is 16.6 Å². The van der Waals surface area contributed by atoms with Gasteiger partial charge in [0.05, 0.1) is 45.4 Å². The van der Waals surface area contributed by atoms with Crippen LogP contribution < -0.4 is 11.0 Å². The third-order valence-corrected chi connectivity index (χ3v) is 8.81. The van der Waals surface area contributed by atoms with Crippen molar-refractivity contribution in [2.75, 3.05) is 0 Å². The van der Waals surface area contributed by atoms with Gasteiger partial charge in [0.1, 0.15) is 0 Å². The standard InChI is InChI=1S/C31H32ClN7O2/c1-19-26(13-23(32)15-33-19)30(40)36-24-10-8-20(9-11-24)17-37-27-4-2-3-5-28(27)39(31(37)41)25-12-22-14-35-38(18-21-6-7-21)29(22)34-16-25/h2-5,12-16,20-21,24H,6-11,17-18H2,1H3,(H,36,40)/t20-,24-. The van der Waals surface area contributed by atoms with Gasteiger partial charge in [-0.3, -0.25) is 18.9 Å². The summed E-state index contributed by atoms with van der Waals surface area (Å²) in [7, 11) is 0. The summed E-state index contributed by atoms with van der Waals surface area (Å²) in [5, 5.41) is 9.11. The first-order valence-electron chi connectivity index (χ1n) is 14.4. The molecule has 2 saturated carbocycles. The number of halogens is 1. The van der Waals surface area contributed by atoms with Gasteiger partial charge >= 0.3 is 5.69 Å². The van der Waals surface area contributed by atoms with E-state index in [1.807, 2.05) is 52.7 Å². The average molecular weight is 570 g/mol. The lowest BCUT2D eigenvalue weighted by molar-refractivity contribution is 0.0919. The van der Waals surface area contributed by atoms with Gasteiger partial charge in [0.15, 0.2) is 5.65 Å². The third kappa shape index (κ3) is 5.03. The van der Waals surface area contributed by atoms with Crippen molar-refractivity contribution in [3.63, 3.8) is 0 Å². The lowest BCUT2D eigenvalue weighted by atomic mass is 9.85. The molecule has 1 amide bonds. The van der Waals surface area contributed by atoms with Gasteiger partial charge in [-0.1, -0.05) is 23.7 Å². The minimum atomic E-state index is -0.135. The summed E-state index contributed by atoms with van der Waals surface area (Å²) in [5.41, 5.74) is 4.53. The molecule has 0 radical (unpaired) electrons. The van der Waals surface area contributed by atoms with E-state index in [1.165, 1.54) is 12.8 Å². The molecule has 9 nitrogen and oxygen atoms in total. The molecular formula is C31H32ClN7O2. The molecule has 4 aromatic heterocycles. The Labute approximate surface area is 242 Å². The number of benzene rings is 1. The van der Waals surface area contributed by atoms with Gasteiger partial charge in [-0.05, 0) is 81.5 Å². The van der Waals surface area contributed by atoms with Crippen LogP contribution in [0.25, 0.3) is 27.8 Å². The SMILES string of the molecule is Cc1ncc(Cl)cc1C(=O)N[C@H]1CC[C@H](Cn2c(=O)n(-c3cnc4c(cnn4CC4CC4)c3)c3ccccc32)CC1. The molecule has 0 bridgehead atoms. The summed E-state index contributed by atoms with van der Waals surface area (Å²) in [4.78, 5) is 35.7. The fourth-order valence-electron chi connectivity index (χ4n) is 6.14. The minimum absolute atomic E-state index is 0.0583. The zero-order valence-electron chi connectivity index (χ0n) is 23.0. The van der Waals surface area contributed by atoms with E-state index in [9.17, 15) is 9.59 Å². The molecule has 41 heavy (non-hydrogen) atoms. The van der Waals surface area contributed by atoms with Gasteiger partial charge in [-0.2, -0.15) is 5.10 Å². The first kappa shape index (κ1) is 26.0. The molecule has 0 spiro atoms. The summed E-state index contributed by atoms with van der Waals surface area (Å²) in [5.74, 6) is 0.913. The maximum atomic E-state index is 13.9. The van der Waals surface area contributed by atoms with Crippen LogP contribution in [0.4, 0.5) is 0 Å². The van der Waals surface area contributed by atoms with Crippen LogP contribution in [-0.2, 0) is 13.1 Å². The van der Waals surface area contributed by atoms with Crippen molar-refractivity contribution in [3.8, 4) is 5.69 Å². The second-order valence-electron chi connectivity index (χ2n) is 11.6. The number of nitrogens with zero attached hydrogens (tertiary/aromatic N) is 6. The van der Waals surface area contributed by atoms with Gasteiger partial charge < -0.3 is 5.32 Å². The van der Waals surface area contributed by atoms with Crippen molar-refractivity contribution >= 4 is 39.6 Å². The van der Waals surface area contributed by atoms with Gasteiger partial charge in [0, 0.05) is 30.7 Å². The number of amides is 1. The largest absolute Gasteiger partial charge is 0.349 e. The first-order valence-corrected chi connectivity index (χ1v) is 14.8. The number of carbonyl (C=O) groups excluding carboxylic acids is 1. The fraction of sp³-hybridized carbons (Fsp3) is 0.387. The molecule has 4 heterocycles. The van der Waals surface area contributed by atoms with Crippen LogP contribution in [0.15, 0.2) is 59.8 Å². The van der Waals surface area contributed by atoms with Crippen molar-refractivity contribution in [3.05, 3.63) is 81.8 Å². The Morgan fingerprint density at radius 2 is 1.68 bits per heavy atom. The molecule has 0 atom stereocenters. The molecule has 1 N–H and O–H groups in total. The number of imidazole rings is 1. The molecular weight excluding hydrogens is 538 g/mol. The van der Waals surface area contributed by atoms with Gasteiger partial charge in [-0.25, -0.2) is 14.5 Å². The van der Waals surface area contributed by atoms with Crippen molar-refractivity contribution < 1.29 is 4.79 Å². The van der Waals surface area contributed by atoms with E-state index in [1.54, 1.807) is 23.0 Å². The predicted molar refractivity (Wildman–Crippen MR) is 159 cm³/mol. The fourth-order valence-corrected chi connectivity index (χ4v) is 6.30. The number of rotatable bonds is 7. The van der Waals surface area contributed by atoms with Crippen molar-refractivity contribution in [1.29, 1.82) is 0 Å². The minimum Gasteiger partial charge on any atom is -0.349 e. The number of nitrogens with one attached hydrogen (secondary N) is 1. The van der Waals surface area contributed by atoms with Crippen LogP contribution in [-0.4, -0.2) is 40.8 Å². The molecule has 5 aromatic rings. The Balaban J connectivity index is 1.09. The van der Waals surface area contributed by atoms with Crippen LogP contribution >= 0.6 is 11.6 Å². The molecule has 2 aliphatic carbocycles. The topological polar surface area (TPSA) is 99.6 Å². The number of carbonyl (C=O) groups is 1. The maximum Gasteiger partial charge on any atom is 0.333 e. The summed E-state index contributed by atoms with van der Waals surface area (Å²) < 4.78 is 5.66. The lowest BCUT2D eigenvalue weighted by Crippen LogP contribution is -2.39. The van der Waals surface area contributed by atoms with Gasteiger partial charge in [-0.15, -0.1) is 0 Å². The second-order valence-corrected chi connectivity index (χ2v) is 12.0. The molecule has 2 fully saturated rings. The number of aromatic nitrogens is 6. The highest BCUT2D eigenvalue weighted by atomic mass is 35.5. The molecule has 1 aromatic carbocycles. The van der Waals surface area contributed by atoms with Crippen molar-refractivity contribution in [2.45, 2.75) is 64.6 Å². The molecule has 2 aliphatic rings. The Bertz CT molecular complexity index is 1830. The lowest BCUT2D eigenvalue weighted by Gasteiger charge is -2.29. The highest BCUT2D eigenvalue weighted by Crippen LogP contribution is 2.32. The van der Waals surface area contributed by atoms with E-state index in [2.05, 4.69) is 15.4 Å². The van der Waals surface area contributed by atoms with Crippen LogP contribution in [0.2, 0.25) is 5.02 Å². The number of pyridine rings is 2. The quantitative estimate of drug-likeness (QED) is 0.287. The summed E-state index contributed by atoms with van der Waals surface area (Å²) >= 11 is 6.06. The zero-order chi connectivity index (χ0) is 28.1. The monoisotopic (exact) mass is 569 g/mol. The molecule has 0 aliphatic heterocycles. The number of para-hydroxylation sites is 2. The van der Waals surface area contributed by atoms with E-state index in [0.29, 0.717) is 34.7 Å². The third-order valence-electron chi connectivity index (χ3n) is 8.60. The van der Waals surface area contributed by atoms with E-state index in [-0.39, 0.29) is 17.6 Å². The number of hydrogen-bond donors (Lipinski definition) is 1. The van der Waals surface area contributed by atoms with Crippen molar-refractivity contribution in [2.24, 2.45) is 11.8 Å². The Morgan fingerprint density at radius 1 is 0.951 bits per heavy atom. The van der Waals surface area contributed by atoms with Gasteiger partial charge in [0.2, 0.25) is 0 Å². The van der Waals surface area contributed by atoms with Crippen LogP contribution in [0.3, 0.4) is 0 Å².